The summed E-state index contributed by atoms with van der Waals surface area (Å²) in [6.07, 6.45) is 6.23. The van der Waals surface area contributed by atoms with Crippen molar-refractivity contribution in [2.75, 3.05) is 5.43 Å². The van der Waals surface area contributed by atoms with Crippen molar-refractivity contribution in [3.63, 3.8) is 0 Å². The number of benzene rings is 2. The van der Waals surface area contributed by atoms with Gasteiger partial charge >= 0.3 is 0 Å². The number of hydrogen-bond acceptors (Lipinski definition) is 3. The summed E-state index contributed by atoms with van der Waals surface area (Å²) in [5.41, 5.74) is 4.01. The lowest BCUT2D eigenvalue weighted by Gasteiger charge is -2.20. The van der Waals surface area contributed by atoms with Crippen LogP contribution in [0.5, 0.6) is 0 Å². The lowest BCUT2D eigenvalue weighted by atomic mass is 9.93. The Labute approximate surface area is 156 Å². The number of allylic oxidation sites excluding steroid dienone is 2. The standard InChI is InChI=1S/C22H19N3O2/c26-21(18-13-14-10-11-16(18)12-14)24-25-20(15-6-2-1-3-7-15)23-19-9-5-4-8-17(19)22(25)27/h1-11,14,16,18H,12-13H2,(H,24,26)/t14-,16+,18-/m1/s1. The van der Waals surface area contributed by atoms with Gasteiger partial charge in [-0.3, -0.25) is 15.0 Å². The van der Waals surface area contributed by atoms with Crippen LogP contribution in [0.1, 0.15) is 12.8 Å². The molecule has 1 heterocycles. The number of carbonyl (C=O) groups is 1. The van der Waals surface area contributed by atoms with Crippen molar-refractivity contribution in [3.05, 3.63) is 77.1 Å². The van der Waals surface area contributed by atoms with E-state index in [-0.39, 0.29) is 23.3 Å². The molecule has 0 spiro atoms. The fraction of sp³-hybridized carbons (Fsp3) is 0.227. The highest BCUT2D eigenvalue weighted by Gasteiger charge is 2.40. The van der Waals surface area contributed by atoms with Crippen LogP contribution in [0.2, 0.25) is 0 Å². The summed E-state index contributed by atoms with van der Waals surface area (Å²) in [6.45, 7) is 0. The van der Waals surface area contributed by atoms with Gasteiger partial charge in [-0.25, -0.2) is 4.98 Å². The highest BCUT2D eigenvalue weighted by Crippen LogP contribution is 2.43. The van der Waals surface area contributed by atoms with E-state index in [1.807, 2.05) is 42.5 Å². The number of fused-ring (bicyclic) bond motifs is 3. The second-order valence-corrected chi connectivity index (χ2v) is 7.32. The fourth-order valence-corrected chi connectivity index (χ4v) is 4.29. The predicted octanol–water partition coefficient (Wildman–Crippen LogP) is 3.35. The fourth-order valence-electron chi connectivity index (χ4n) is 4.29. The van der Waals surface area contributed by atoms with Gasteiger partial charge in [0.15, 0.2) is 5.82 Å². The molecule has 3 atom stereocenters. The Morgan fingerprint density at radius 2 is 1.78 bits per heavy atom. The van der Waals surface area contributed by atoms with E-state index in [0.29, 0.717) is 22.6 Å². The SMILES string of the molecule is O=C(Nn1c(-c2ccccc2)nc2ccccc2c1=O)[C@@H]1C[C@@H]2C=C[C@H]1C2. The highest BCUT2D eigenvalue weighted by molar-refractivity contribution is 5.88. The topological polar surface area (TPSA) is 64.0 Å². The molecule has 134 valence electrons. The molecule has 0 unspecified atom stereocenters. The molecule has 3 aromatic rings. The maximum Gasteiger partial charge on any atom is 0.280 e. The van der Waals surface area contributed by atoms with Gasteiger partial charge in [0.1, 0.15) is 0 Å². The first-order valence-corrected chi connectivity index (χ1v) is 9.27. The Morgan fingerprint density at radius 3 is 2.52 bits per heavy atom. The zero-order valence-electron chi connectivity index (χ0n) is 14.7. The minimum absolute atomic E-state index is 0.0815. The quantitative estimate of drug-likeness (QED) is 0.731. The van der Waals surface area contributed by atoms with Crippen LogP contribution in [0.3, 0.4) is 0 Å². The van der Waals surface area contributed by atoms with Gasteiger partial charge in [0, 0.05) is 11.5 Å². The Kier molecular flexibility index (Phi) is 3.67. The first-order valence-electron chi connectivity index (χ1n) is 9.27. The van der Waals surface area contributed by atoms with Crippen molar-refractivity contribution in [3.8, 4) is 11.4 Å². The predicted molar refractivity (Wildman–Crippen MR) is 105 cm³/mol. The van der Waals surface area contributed by atoms with Gasteiger partial charge in [-0.15, -0.1) is 0 Å². The molecular formula is C22H19N3O2. The molecule has 0 radical (unpaired) electrons. The van der Waals surface area contributed by atoms with Crippen molar-refractivity contribution < 1.29 is 4.79 Å². The third-order valence-corrected chi connectivity index (χ3v) is 5.65. The third-order valence-electron chi connectivity index (χ3n) is 5.65. The van der Waals surface area contributed by atoms with Crippen molar-refractivity contribution in [2.45, 2.75) is 12.8 Å². The maximum absolute atomic E-state index is 13.1. The van der Waals surface area contributed by atoms with E-state index in [4.69, 9.17) is 0 Å². The molecule has 2 bridgehead atoms. The van der Waals surface area contributed by atoms with Crippen LogP contribution in [-0.2, 0) is 4.79 Å². The second-order valence-electron chi connectivity index (χ2n) is 7.32. The normalized spacial score (nSPS) is 23.0. The largest absolute Gasteiger partial charge is 0.280 e. The molecule has 1 amide bonds. The molecule has 1 saturated carbocycles. The van der Waals surface area contributed by atoms with E-state index in [2.05, 4.69) is 22.6 Å². The van der Waals surface area contributed by atoms with Crippen molar-refractivity contribution in [2.24, 2.45) is 17.8 Å². The van der Waals surface area contributed by atoms with Crippen LogP contribution in [0.4, 0.5) is 0 Å². The molecule has 2 aliphatic carbocycles. The molecule has 2 aliphatic rings. The number of hydrogen-bond donors (Lipinski definition) is 1. The number of nitrogens with one attached hydrogen (secondary N) is 1. The van der Waals surface area contributed by atoms with E-state index in [0.717, 1.165) is 18.4 Å². The maximum atomic E-state index is 13.1. The molecule has 5 nitrogen and oxygen atoms in total. The van der Waals surface area contributed by atoms with Gasteiger partial charge in [0.25, 0.3) is 5.56 Å². The lowest BCUT2D eigenvalue weighted by Crippen LogP contribution is -2.39. The van der Waals surface area contributed by atoms with Crippen LogP contribution in [-0.4, -0.2) is 15.6 Å². The smallest absolute Gasteiger partial charge is 0.273 e. The summed E-state index contributed by atoms with van der Waals surface area (Å²) >= 11 is 0. The van der Waals surface area contributed by atoms with Crippen molar-refractivity contribution in [1.29, 1.82) is 0 Å². The van der Waals surface area contributed by atoms with E-state index in [9.17, 15) is 9.59 Å². The summed E-state index contributed by atoms with van der Waals surface area (Å²) in [5, 5.41) is 0.491. The number of para-hydroxylation sites is 1. The molecule has 27 heavy (non-hydrogen) atoms. The summed E-state index contributed by atoms with van der Waals surface area (Å²) < 4.78 is 1.32. The minimum Gasteiger partial charge on any atom is -0.273 e. The molecule has 1 fully saturated rings. The Hall–Kier alpha value is -3.21. The summed E-state index contributed by atoms with van der Waals surface area (Å²) in [6, 6.07) is 16.7. The first kappa shape index (κ1) is 16.0. The van der Waals surface area contributed by atoms with Crippen LogP contribution >= 0.6 is 0 Å². The monoisotopic (exact) mass is 357 g/mol. The van der Waals surface area contributed by atoms with E-state index < -0.39 is 0 Å². The number of rotatable bonds is 3. The third kappa shape index (κ3) is 2.67. The summed E-state index contributed by atoms with van der Waals surface area (Å²) in [4.78, 5) is 30.7. The summed E-state index contributed by atoms with van der Waals surface area (Å²) in [7, 11) is 0. The minimum atomic E-state index is -0.258. The van der Waals surface area contributed by atoms with Crippen molar-refractivity contribution in [1.82, 2.24) is 9.66 Å². The van der Waals surface area contributed by atoms with Crippen LogP contribution in [0, 0.1) is 17.8 Å². The highest BCUT2D eigenvalue weighted by atomic mass is 16.2. The molecule has 1 aromatic heterocycles. The van der Waals surface area contributed by atoms with E-state index in [1.54, 1.807) is 12.1 Å². The van der Waals surface area contributed by atoms with Gasteiger partial charge < -0.3 is 0 Å². The average Bonchev–Trinajstić information content (AvgIpc) is 3.34. The van der Waals surface area contributed by atoms with Gasteiger partial charge in [0.05, 0.1) is 10.9 Å². The molecule has 0 saturated heterocycles. The number of amides is 1. The van der Waals surface area contributed by atoms with Gasteiger partial charge in [-0.1, -0.05) is 54.6 Å². The first-order chi connectivity index (χ1) is 13.2. The molecule has 5 heteroatoms. The molecule has 1 N–H and O–H groups in total. The van der Waals surface area contributed by atoms with E-state index in [1.165, 1.54) is 4.68 Å². The molecule has 0 aliphatic heterocycles. The van der Waals surface area contributed by atoms with Crippen LogP contribution < -0.4 is 11.0 Å². The van der Waals surface area contributed by atoms with Crippen LogP contribution in [0.15, 0.2) is 71.5 Å². The van der Waals surface area contributed by atoms with Crippen LogP contribution in [0.25, 0.3) is 22.3 Å². The van der Waals surface area contributed by atoms with E-state index >= 15 is 0 Å². The molecule has 2 aromatic carbocycles. The van der Waals surface area contributed by atoms with Gasteiger partial charge in [-0.2, -0.15) is 4.68 Å². The van der Waals surface area contributed by atoms with Crippen molar-refractivity contribution >= 4 is 16.8 Å². The zero-order chi connectivity index (χ0) is 18.4. The Balaban J connectivity index is 1.61. The second kappa shape index (κ2) is 6.20. The number of nitrogens with zero attached hydrogens (tertiary/aromatic N) is 2. The zero-order valence-corrected chi connectivity index (χ0v) is 14.7. The summed E-state index contributed by atoms with van der Waals surface area (Å²) in [5.74, 6) is 1.03. The van der Waals surface area contributed by atoms with Gasteiger partial charge in [0.2, 0.25) is 5.91 Å². The lowest BCUT2D eigenvalue weighted by molar-refractivity contribution is -0.121. The Morgan fingerprint density at radius 1 is 1.00 bits per heavy atom. The number of aromatic nitrogens is 2. The number of carbonyl (C=O) groups excluding carboxylic acids is 1. The molecule has 5 rings (SSSR count). The van der Waals surface area contributed by atoms with Gasteiger partial charge in [-0.05, 0) is 36.8 Å². The Bertz CT molecular complexity index is 1120. The average molecular weight is 357 g/mol. The molecular weight excluding hydrogens is 338 g/mol.